The summed E-state index contributed by atoms with van der Waals surface area (Å²) in [6.07, 6.45) is -1.14. The number of aliphatic hydroxyl groups excluding tert-OH is 2. The molecule has 2 aromatic carbocycles. The first-order chi connectivity index (χ1) is 21.5. The van der Waals surface area contributed by atoms with E-state index in [9.17, 15) is 29.0 Å². The van der Waals surface area contributed by atoms with Gasteiger partial charge in [0, 0.05) is 29.1 Å². The molecule has 0 fully saturated rings. The number of carbonyl (C=O) groups excluding carboxylic acids is 2. The van der Waals surface area contributed by atoms with Crippen LogP contribution in [0.5, 0.6) is 0 Å². The van der Waals surface area contributed by atoms with Gasteiger partial charge in [0.1, 0.15) is 17.3 Å². The van der Waals surface area contributed by atoms with Crippen molar-refractivity contribution in [3.05, 3.63) is 95.7 Å². The van der Waals surface area contributed by atoms with E-state index in [2.05, 4.69) is 10.3 Å². The third-order valence-electron chi connectivity index (χ3n) is 7.33. The fraction of sp³-hybridized carbons (Fsp3) is 0.294. The van der Waals surface area contributed by atoms with E-state index in [1.165, 1.54) is 37.6 Å². The van der Waals surface area contributed by atoms with Crippen LogP contribution < -0.4 is 5.32 Å². The maximum atomic E-state index is 14.2. The second-order valence-corrected chi connectivity index (χ2v) is 10.9. The molecular formula is C34H36FN3O7. The van der Waals surface area contributed by atoms with Gasteiger partial charge in [-0.05, 0) is 68.5 Å². The van der Waals surface area contributed by atoms with E-state index in [0.717, 1.165) is 5.56 Å². The molecule has 0 aliphatic rings. The number of aliphatic carboxylic acids is 1. The Morgan fingerprint density at radius 2 is 1.60 bits per heavy atom. The highest BCUT2D eigenvalue weighted by molar-refractivity contribution is 6.11. The van der Waals surface area contributed by atoms with Gasteiger partial charge >= 0.3 is 11.9 Å². The summed E-state index contributed by atoms with van der Waals surface area (Å²) in [6, 6.07) is 18.0. The third-order valence-corrected chi connectivity index (χ3v) is 7.33. The Kier molecular flexibility index (Phi) is 10.8. The molecule has 4 aromatic rings. The molecule has 2 aromatic heterocycles. The number of nitrogens with zero attached hydrogens (tertiary/aromatic N) is 2. The summed E-state index contributed by atoms with van der Waals surface area (Å²) in [5.41, 5.74) is 3.88. The zero-order valence-electron chi connectivity index (χ0n) is 25.2. The maximum Gasteiger partial charge on any atom is 0.339 e. The van der Waals surface area contributed by atoms with E-state index >= 15 is 0 Å². The third kappa shape index (κ3) is 8.00. The van der Waals surface area contributed by atoms with E-state index in [0.29, 0.717) is 28.1 Å². The number of hydrogen-bond donors (Lipinski definition) is 4. The number of amides is 1. The molecule has 0 radical (unpaired) electrons. The number of methoxy groups -OCH3 is 1. The van der Waals surface area contributed by atoms with Gasteiger partial charge in [-0.3, -0.25) is 9.59 Å². The molecule has 236 valence electrons. The van der Waals surface area contributed by atoms with E-state index in [1.807, 2.05) is 48.7 Å². The molecule has 0 saturated carbocycles. The van der Waals surface area contributed by atoms with Crippen molar-refractivity contribution in [3.63, 3.8) is 0 Å². The van der Waals surface area contributed by atoms with Crippen molar-refractivity contribution in [1.29, 1.82) is 0 Å². The quantitative estimate of drug-likeness (QED) is 0.144. The Hall–Kier alpha value is -4.87. The predicted octanol–water partition coefficient (Wildman–Crippen LogP) is 5.50. The molecule has 2 heterocycles. The SMILES string of the molecule is COC(=O)c1ccc(NC(=O)c2c(-c3ccccc3)c(-c3ccc(F)cc3)c(CC[C@@H](O)C[C@@H](O)CC(=O)O)n2C(C)C)nc1. The van der Waals surface area contributed by atoms with Gasteiger partial charge < -0.3 is 29.9 Å². The topological polar surface area (TPSA) is 151 Å². The Morgan fingerprint density at radius 1 is 0.933 bits per heavy atom. The molecule has 0 unspecified atom stereocenters. The summed E-state index contributed by atoms with van der Waals surface area (Å²) in [7, 11) is 1.26. The normalized spacial score (nSPS) is 12.5. The number of carboxylic acids is 1. The summed E-state index contributed by atoms with van der Waals surface area (Å²) in [5, 5.41) is 32.7. The number of hydrogen-bond acceptors (Lipinski definition) is 7. The number of halogens is 1. The fourth-order valence-electron chi connectivity index (χ4n) is 5.39. The molecule has 45 heavy (non-hydrogen) atoms. The first-order valence-electron chi connectivity index (χ1n) is 14.5. The van der Waals surface area contributed by atoms with Crippen molar-refractivity contribution >= 4 is 23.7 Å². The highest BCUT2D eigenvalue weighted by Gasteiger charge is 2.31. The number of ether oxygens (including phenoxy) is 1. The average molecular weight is 618 g/mol. The highest BCUT2D eigenvalue weighted by Crippen LogP contribution is 2.42. The van der Waals surface area contributed by atoms with E-state index in [-0.39, 0.29) is 36.7 Å². The lowest BCUT2D eigenvalue weighted by Gasteiger charge is -2.20. The van der Waals surface area contributed by atoms with Gasteiger partial charge in [0.25, 0.3) is 5.91 Å². The molecule has 11 heteroatoms. The van der Waals surface area contributed by atoms with Crippen LogP contribution in [0.3, 0.4) is 0 Å². The highest BCUT2D eigenvalue weighted by atomic mass is 19.1. The fourth-order valence-corrected chi connectivity index (χ4v) is 5.39. The number of nitrogens with one attached hydrogen (secondary N) is 1. The van der Waals surface area contributed by atoms with Crippen LogP contribution in [-0.2, 0) is 16.0 Å². The zero-order valence-corrected chi connectivity index (χ0v) is 25.2. The average Bonchev–Trinajstić information content (AvgIpc) is 3.36. The molecule has 0 spiro atoms. The van der Waals surface area contributed by atoms with Crippen LogP contribution in [0, 0.1) is 5.82 Å². The number of anilines is 1. The van der Waals surface area contributed by atoms with Gasteiger partial charge in [-0.25, -0.2) is 14.2 Å². The van der Waals surface area contributed by atoms with Gasteiger partial charge in [0.05, 0.1) is 31.3 Å². The van der Waals surface area contributed by atoms with E-state index in [4.69, 9.17) is 9.84 Å². The molecular weight excluding hydrogens is 581 g/mol. The second-order valence-electron chi connectivity index (χ2n) is 10.9. The summed E-state index contributed by atoms with van der Waals surface area (Å²) >= 11 is 0. The number of benzene rings is 2. The molecule has 0 aliphatic carbocycles. The smallest absolute Gasteiger partial charge is 0.339 e. The Labute approximate surface area is 260 Å². The molecule has 1 amide bonds. The van der Waals surface area contributed by atoms with Gasteiger partial charge in [0.2, 0.25) is 0 Å². The van der Waals surface area contributed by atoms with Gasteiger partial charge in [-0.15, -0.1) is 0 Å². The molecule has 4 rings (SSSR count). The lowest BCUT2D eigenvalue weighted by molar-refractivity contribution is -0.139. The van der Waals surface area contributed by atoms with Crippen molar-refractivity contribution in [2.75, 3.05) is 12.4 Å². The van der Waals surface area contributed by atoms with Crippen LogP contribution >= 0.6 is 0 Å². The number of pyridine rings is 1. The largest absolute Gasteiger partial charge is 0.481 e. The van der Waals surface area contributed by atoms with E-state index in [1.54, 1.807) is 12.1 Å². The summed E-state index contributed by atoms with van der Waals surface area (Å²) in [4.78, 5) is 41.3. The van der Waals surface area contributed by atoms with Gasteiger partial charge in [-0.1, -0.05) is 42.5 Å². The monoisotopic (exact) mass is 617 g/mol. The van der Waals surface area contributed by atoms with Crippen LogP contribution in [0.1, 0.15) is 65.7 Å². The molecule has 0 aliphatic heterocycles. The first-order valence-corrected chi connectivity index (χ1v) is 14.5. The van der Waals surface area contributed by atoms with Crippen LogP contribution in [0.15, 0.2) is 72.9 Å². The predicted molar refractivity (Wildman–Crippen MR) is 166 cm³/mol. The number of esters is 1. The van der Waals surface area contributed by atoms with Crippen LogP contribution in [0.2, 0.25) is 0 Å². The van der Waals surface area contributed by atoms with Crippen molar-refractivity contribution in [1.82, 2.24) is 9.55 Å². The molecule has 4 N–H and O–H groups in total. The number of aromatic nitrogens is 2. The molecule has 2 atom stereocenters. The lowest BCUT2D eigenvalue weighted by Crippen LogP contribution is -2.23. The molecule has 10 nitrogen and oxygen atoms in total. The zero-order chi connectivity index (χ0) is 32.7. The molecule has 0 saturated heterocycles. The standard InChI is InChI=1S/C34H36FN3O7/c1-20(2)38-27(15-14-25(39)17-26(40)18-29(41)42)30(22-9-12-24(35)13-10-22)31(21-7-5-4-6-8-21)32(38)33(43)37-28-16-11-23(19-36-28)34(44)45-3/h4-13,16,19-20,25-26,39-40H,14-15,17-18H2,1-3H3,(H,41,42)(H,36,37,43)/t25-,26-/m1/s1. The van der Waals surface area contributed by atoms with Crippen molar-refractivity contribution in [2.45, 2.75) is 57.8 Å². The summed E-state index contributed by atoms with van der Waals surface area (Å²) in [5.74, 6) is -2.43. The minimum atomic E-state index is -1.22. The summed E-state index contributed by atoms with van der Waals surface area (Å²) < 4.78 is 20.7. The number of carboxylic acid groups (broad SMARTS) is 1. The van der Waals surface area contributed by atoms with Gasteiger partial charge in [0.15, 0.2) is 0 Å². The van der Waals surface area contributed by atoms with Gasteiger partial charge in [-0.2, -0.15) is 0 Å². The number of carbonyl (C=O) groups is 3. The number of rotatable bonds is 13. The number of aliphatic hydroxyl groups is 2. The Bertz CT molecular complexity index is 1640. The van der Waals surface area contributed by atoms with E-state index < -0.39 is 42.3 Å². The minimum absolute atomic E-state index is 0.132. The molecule has 0 bridgehead atoms. The second kappa shape index (κ2) is 14.7. The maximum absolute atomic E-state index is 14.2. The van der Waals surface area contributed by atoms with Crippen LogP contribution in [0.4, 0.5) is 10.2 Å². The van der Waals surface area contributed by atoms with Crippen LogP contribution in [-0.4, -0.2) is 62.0 Å². The lowest BCUT2D eigenvalue weighted by atomic mass is 9.92. The summed E-state index contributed by atoms with van der Waals surface area (Å²) in [6.45, 7) is 3.83. The minimum Gasteiger partial charge on any atom is -0.481 e. The van der Waals surface area contributed by atoms with Crippen molar-refractivity contribution < 1.29 is 38.8 Å². The Balaban J connectivity index is 1.87. The Morgan fingerprint density at radius 3 is 2.18 bits per heavy atom. The first kappa shape index (κ1) is 33.0. The van der Waals surface area contributed by atoms with Crippen molar-refractivity contribution in [2.24, 2.45) is 0 Å². The van der Waals surface area contributed by atoms with Crippen molar-refractivity contribution in [3.8, 4) is 22.3 Å². The van der Waals surface area contributed by atoms with Crippen LogP contribution in [0.25, 0.3) is 22.3 Å².